The summed E-state index contributed by atoms with van der Waals surface area (Å²) in [5.74, 6) is 2.91. The summed E-state index contributed by atoms with van der Waals surface area (Å²) in [5.41, 5.74) is 7.07. The van der Waals surface area contributed by atoms with Crippen LogP contribution in [-0.2, 0) is 13.5 Å². The summed E-state index contributed by atoms with van der Waals surface area (Å²) in [6.07, 6.45) is 0.936. The van der Waals surface area contributed by atoms with Crippen LogP contribution >= 0.6 is 0 Å². The second kappa shape index (κ2) is 4.03. The molecular formula is C11H21N3. The molecule has 0 amide bonds. The van der Waals surface area contributed by atoms with Crippen LogP contribution in [-0.4, -0.2) is 9.55 Å². The van der Waals surface area contributed by atoms with Crippen molar-refractivity contribution in [1.82, 2.24) is 9.55 Å². The molecule has 0 bridgehead atoms. The van der Waals surface area contributed by atoms with Crippen molar-refractivity contribution in [2.75, 3.05) is 5.73 Å². The molecule has 1 unspecified atom stereocenters. The van der Waals surface area contributed by atoms with Crippen LogP contribution in [0.1, 0.15) is 45.1 Å². The first-order valence-corrected chi connectivity index (χ1v) is 5.30. The molecule has 80 valence electrons. The summed E-state index contributed by atoms with van der Waals surface area (Å²) in [6.45, 7) is 8.68. The molecule has 14 heavy (non-hydrogen) atoms. The van der Waals surface area contributed by atoms with E-state index in [2.05, 4.69) is 32.7 Å². The predicted octanol–water partition coefficient (Wildman–Crippen LogP) is 2.32. The Hall–Kier alpha value is -0.990. The van der Waals surface area contributed by atoms with Crippen molar-refractivity contribution < 1.29 is 0 Å². The smallest absolute Gasteiger partial charge is 0.126 e. The van der Waals surface area contributed by atoms with Crippen molar-refractivity contribution >= 4 is 5.82 Å². The van der Waals surface area contributed by atoms with Gasteiger partial charge in [-0.25, -0.2) is 4.98 Å². The molecule has 0 saturated heterocycles. The third kappa shape index (κ3) is 1.76. The molecule has 0 fully saturated rings. The van der Waals surface area contributed by atoms with Gasteiger partial charge in [0.2, 0.25) is 0 Å². The highest BCUT2D eigenvalue weighted by Gasteiger charge is 2.19. The monoisotopic (exact) mass is 195 g/mol. The average Bonchev–Trinajstić information content (AvgIpc) is 2.43. The Balaban J connectivity index is 3.10. The summed E-state index contributed by atoms with van der Waals surface area (Å²) >= 11 is 0. The van der Waals surface area contributed by atoms with Crippen LogP contribution in [0, 0.1) is 5.92 Å². The van der Waals surface area contributed by atoms with E-state index in [1.54, 1.807) is 0 Å². The van der Waals surface area contributed by atoms with E-state index in [1.807, 2.05) is 11.6 Å². The molecule has 1 rings (SSSR count). The van der Waals surface area contributed by atoms with Crippen molar-refractivity contribution in [3.8, 4) is 0 Å². The summed E-state index contributed by atoms with van der Waals surface area (Å²) in [6, 6.07) is 0. The van der Waals surface area contributed by atoms with Gasteiger partial charge in [-0.3, -0.25) is 0 Å². The molecule has 1 aromatic rings. The van der Waals surface area contributed by atoms with Gasteiger partial charge in [0.25, 0.3) is 0 Å². The van der Waals surface area contributed by atoms with Gasteiger partial charge in [0.1, 0.15) is 11.6 Å². The Bertz CT molecular complexity index is 313. The lowest BCUT2D eigenvalue weighted by atomic mass is 9.95. The molecular weight excluding hydrogens is 174 g/mol. The minimum Gasteiger partial charge on any atom is -0.384 e. The minimum absolute atomic E-state index is 0.432. The van der Waals surface area contributed by atoms with Crippen molar-refractivity contribution in [2.24, 2.45) is 13.0 Å². The zero-order valence-corrected chi connectivity index (χ0v) is 9.83. The molecule has 0 aliphatic heterocycles. The van der Waals surface area contributed by atoms with Gasteiger partial charge in [-0.05, 0) is 5.92 Å². The maximum Gasteiger partial charge on any atom is 0.126 e. The molecule has 1 atom stereocenters. The Morgan fingerprint density at radius 3 is 2.29 bits per heavy atom. The second-order valence-electron chi connectivity index (χ2n) is 4.24. The van der Waals surface area contributed by atoms with E-state index in [-0.39, 0.29) is 0 Å². The van der Waals surface area contributed by atoms with Crippen LogP contribution in [0.5, 0.6) is 0 Å². The first-order chi connectivity index (χ1) is 6.49. The van der Waals surface area contributed by atoms with Crippen LogP contribution in [0.3, 0.4) is 0 Å². The number of nitrogen functional groups attached to an aromatic ring is 1. The summed E-state index contributed by atoms with van der Waals surface area (Å²) in [5, 5.41) is 0. The molecule has 1 heterocycles. The van der Waals surface area contributed by atoms with Gasteiger partial charge in [-0.15, -0.1) is 0 Å². The Labute approximate surface area is 86.3 Å². The number of hydrogen-bond acceptors (Lipinski definition) is 2. The van der Waals surface area contributed by atoms with Crippen molar-refractivity contribution in [2.45, 2.75) is 40.0 Å². The van der Waals surface area contributed by atoms with Gasteiger partial charge in [-0.1, -0.05) is 27.7 Å². The number of anilines is 1. The Kier molecular flexibility index (Phi) is 3.19. The van der Waals surface area contributed by atoms with Crippen LogP contribution < -0.4 is 5.73 Å². The number of aromatic nitrogens is 2. The van der Waals surface area contributed by atoms with E-state index in [9.17, 15) is 0 Å². The fourth-order valence-corrected chi connectivity index (χ4v) is 1.55. The third-order valence-electron chi connectivity index (χ3n) is 3.01. The van der Waals surface area contributed by atoms with E-state index >= 15 is 0 Å². The fourth-order valence-electron chi connectivity index (χ4n) is 1.55. The third-order valence-corrected chi connectivity index (χ3v) is 3.01. The first-order valence-electron chi connectivity index (χ1n) is 5.30. The standard InChI is InChI=1S/C11H21N3/c1-6-9-13-10(8(4)7(2)3)11(12)14(9)5/h7-8H,6,12H2,1-5H3. The van der Waals surface area contributed by atoms with Gasteiger partial charge in [-0.2, -0.15) is 0 Å². The van der Waals surface area contributed by atoms with Gasteiger partial charge < -0.3 is 10.3 Å². The van der Waals surface area contributed by atoms with Gasteiger partial charge in [0, 0.05) is 19.4 Å². The zero-order valence-electron chi connectivity index (χ0n) is 9.83. The Morgan fingerprint density at radius 1 is 1.36 bits per heavy atom. The number of imidazole rings is 1. The lowest BCUT2D eigenvalue weighted by molar-refractivity contribution is 0.526. The molecule has 0 aromatic carbocycles. The topological polar surface area (TPSA) is 43.8 Å². The van der Waals surface area contributed by atoms with E-state index in [0.717, 1.165) is 23.8 Å². The largest absolute Gasteiger partial charge is 0.384 e. The van der Waals surface area contributed by atoms with Crippen molar-refractivity contribution in [1.29, 1.82) is 0 Å². The molecule has 3 nitrogen and oxygen atoms in total. The van der Waals surface area contributed by atoms with Crippen LogP contribution in [0.2, 0.25) is 0 Å². The number of hydrogen-bond donors (Lipinski definition) is 1. The molecule has 0 saturated carbocycles. The van der Waals surface area contributed by atoms with Gasteiger partial charge >= 0.3 is 0 Å². The number of nitrogens with zero attached hydrogens (tertiary/aromatic N) is 2. The molecule has 0 aliphatic carbocycles. The molecule has 0 aliphatic rings. The molecule has 3 heteroatoms. The lowest BCUT2D eigenvalue weighted by Gasteiger charge is -2.13. The van der Waals surface area contributed by atoms with Crippen molar-refractivity contribution in [3.63, 3.8) is 0 Å². The first kappa shape index (κ1) is 11.1. The fraction of sp³-hybridized carbons (Fsp3) is 0.727. The molecule has 2 N–H and O–H groups in total. The summed E-state index contributed by atoms with van der Waals surface area (Å²) < 4.78 is 1.99. The van der Waals surface area contributed by atoms with Crippen LogP contribution in [0.15, 0.2) is 0 Å². The summed E-state index contributed by atoms with van der Waals surface area (Å²) in [7, 11) is 1.98. The molecule has 0 spiro atoms. The molecule has 0 radical (unpaired) electrons. The number of nitrogens with two attached hydrogens (primary N) is 1. The minimum atomic E-state index is 0.432. The SMILES string of the molecule is CCc1nc(C(C)C(C)C)c(N)n1C. The van der Waals surface area contributed by atoms with E-state index in [0.29, 0.717) is 11.8 Å². The predicted molar refractivity (Wildman–Crippen MR) is 60.3 cm³/mol. The van der Waals surface area contributed by atoms with E-state index in [4.69, 9.17) is 5.73 Å². The highest BCUT2D eigenvalue weighted by Crippen LogP contribution is 2.27. The van der Waals surface area contributed by atoms with Gasteiger partial charge in [0.15, 0.2) is 0 Å². The maximum atomic E-state index is 6.02. The quantitative estimate of drug-likeness (QED) is 0.804. The second-order valence-corrected chi connectivity index (χ2v) is 4.24. The zero-order chi connectivity index (χ0) is 10.9. The lowest BCUT2D eigenvalue weighted by Crippen LogP contribution is -2.06. The Morgan fingerprint density at radius 2 is 1.93 bits per heavy atom. The molecule has 1 aromatic heterocycles. The summed E-state index contributed by atoms with van der Waals surface area (Å²) in [4.78, 5) is 4.59. The number of aryl methyl sites for hydroxylation is 1. The average molecular weight is 195 g/mol. The van der Waals surface area contributed by atoms with Gasteiger partial charge in [0.05, 0.1) is 5.69 Å². The van der Waals surface area contributed by atoms with Crippen molar-refractivity contribution in [3.05, 3.63) is 11.5 Å². The highest BCUT2D eigenvalue weighted by atomic mass is 15.1. The highest BCUT2D eigenvalue weighted by molar-refractivity contribution is 5.40. The normalized spacial score (nSPS) is 13.6. The van der Waals surface area contributed by atoms with E-state index in [1.165, 1.54) is 0 Å². The maximum absolute atomic E-state index is 6.02. The van der Waals surface area contributed by atoms with E-state index < -0.39 is 0 Å². The van der Waals surface area contributed by atoms with Crippen LogP contribution in [0.25, 0.3) is 0 Å². The number of rotatable bonds is 3. The van der Waals surface area contributed by atoms with Crippen LogP contribution in [0.4, 0.5) is 5.82 Å².